The molecule has 0 aliphatic rings. The van der Waals surface area contributed by atoms with Gasteiger partial charge in [-0.15, -0.1) is 0 Å². The Morgan fingerprint density at radius 1 is 0.356 bits per heavy atom. The molecule has 4 heteroatoms. The minimum Gasteiger partial charge on any atom is -0.211 e. The van der Waals surface area contributed by atoms with Crippen molar-refractivity contribution in [1.29, 1.82) is 0 Å². The zero-order chi connectivity index (χ0) is 32.8. The van der Waals surface area contributed by atoms with Crippen LogP contribution < -0.4 is 0 Å². The summed E-state index contributed by atoms with van der Waals surface area (Å²) in [5, 5.41) is 0. The average Bonchev–Trinajstić information content (AvgIpc) is 3.01. The predicted molar refractivity (Wildman–Crippen MR) is 207 cm³/mol. The molecule has 0 amide bonds. The van der Waals surface area contributed by atoms with Crippen LogP contribution in [0.5, 0.6) is 0 Å². The Labute approximate surface area is 290 Å². The van der Waals surface area contributed by atoms with Gasteiger partial charge in [-0.1, -0.05) is 238 Å². The minimum atomic E-state index is -1.32. The maximum Gasteiger partial charge on any atom is 0.234 e. The Kier molecular flexibility index (Phi) is 38.2. The molecule has 0 atom stereocenters. The Morgan fingerprint density at radius 3 is 0.711 bits per heavy atom. The molecule has 0 aliphatic carbocycles. The highest BCUT2D eigenvalue weighted by atomic mass is 35.6. The summed E-state index contributed by atoms with van der Waals surface area (Å²) in [6.45, 7) is 5.22. The maximum atomic E-state index is 10.0. The minimum absolute atomic E-state index is 0.668. The van der Waals surface area contributed by atoms with Crippen molar-refractivity contribution in [3.63, 3.8) is 0 Å². The van der Waals surface area contributed by atoms with Gasteiger partial charge in [0.1, 0.15) is 7.38 Å². The summed E-state index contributed by atoms with van der Waals surface area (Å²) in [5.74, 6) is 0. The van der Waals surface area contributed by atoms with E-state index < -0.39 is 7.38 Å². The van der Waals surface area contributed by atoms with Crippen LogP contribution in [0, 0.1) is 0 Å². The van der Waals surface area contributed by atoms with E-state index in [1.807, 2.05) is 0 Å². The molecule has 0 rings (SSSR count). The molecule has 0 saturated carbocycles. The van der Waals surface area contributed by atoms with E-state index in [-0.39, 0.29) is 0 Å². The molecule has 0 aliphatic heterocycles. The summed E-state index contributed by atoms with van der Waals surface area (Å²) in [6, 6.07) is 1.30. The highest BCUT2D eigenvalue weighted by molar-refractivity contribution is 7.19. The number of nitrogens with zero attached hydrogens (tertiary/aromatic N) is 1. The molecule has 0 unspecified atom stereocenters. The van der Waals surface area contributed by atoms with Gasteiger partial charge < -0.3 is 0 Å². The van der Waals surface area contributed by atoms with Crippen LogP contribution in [0.25, 0.3) is 0 Å². The maximum absolute atomic E-state index is 10.0. The van der Waals surface area contributed by atoms with E-state index in [0.29, 0.717) is 6.54 Å². The monoisotopic (exact) mass is 668 g/mol. The molecule has 0 fully saturated rings. The van der Waals surface area contributed by atoms with Crippen molar-refractivity contribution in [2.24, 2.45) is 4.99 Å². The highest BCUT2D eigenvalue weighted by Gasteiger charge is 2.15. The Balaban J connectivity index is 3.06. The molecular weight excluding hydrogens is 586 g/mol. The third-order valence-electron chi connectivity index (χ3n) is 9.86. The molecule has 0 aromatic carbocycles. The first-order valence-corrected chi connectivity index (χ1v) is 25.0. The normalized spacial score (nSPS) is 11.7. The van der Waals surface area contributed by atoms with Gasteiger partial charge in [0, 0.05) is 0 Å². The number of rotatable bonds is 39. The molecule has 2 nitrogen and oxygen atoms in total. The zero-order valence-corrected chi connectivity index (χ0v) is 32.9. The molecule has 0 aromatic heterocycles. The van der Waals surface area contributed by atoms with Gasteiger partial charge >= 0.3 is 0 Å². The second-order valence-corrected chi connectivity index (χ2v) is 22.2. The van der Waals surface area contributed by atoms with Crippen LogP contribution in [-0.4, -0.2) is 20.0 Å². The first-order chi connectivity index (χ1) is 22.1. The number of hydrogen-bond donors (Lipinski definition) is 0. The standard InChI is InChI=1S/C41H82ClNOSi/c1-45(2,42)40-38-36-34-32-30-28-26-24-22-20-18-16-14-12-10-8-6-4-3-5-7-9-11-13-15-17-19-21-23-25-27-29-31-33-35-37-39-43-41-44/h3-40H2,1-2H3. The first-order valence-electron chi connectivity index (χ1n) is 20.8. The summed E-state index contributed by atoms with van der Waals surface area (Å²) in [4.78, 5) is 13.6. The summed E-state index contributed by atoms with van der Waals surface area (Å²) in [6.07, 6.45) is 53.1. The van der Waals surface area contributed by atoms with E-state index in [1.54, 1.807) is 6.08 Å². The smallest absolute Gasteiger partial charge is 0.211 e. The van der Waals surface area contributed by atoms with Crippen LogP contribution in [0.15, 0.2) is 4.99 Å². The summed E-state index contributed by atoms with van der Waals surface area (Å²) in [7, 11) is -1.32. The van der Waals surface area contributed by atoms with Crippen LogP contribution >= 0.6 is 11.1 Å². The van der Waals surface area contributed by atoms with Crippen molar-refractivity contribution < 1.29 is 4.79 Å². The van der Waals surface area contributed by atoms with Crippen molar-refractivity contribution in [3.8, 4) is 0 Å². The van der Waals surface area contributed by atoms with Crippen LogP contribution in [0.4, 0.5) is 0 Å². The van der Waals surface area contributed by atoms with E-state index in [0.717, 1.165) is 6.42 Å². The molecule has 0 saturated heterocycles. The van der Waals surface area contributed by atoms with E-state index in [4.69, 9.17) is 11.1 Å². The number of aliphatic imine (C=N–C) groups is 1. The van der Waals surface area contributed by atoms with Crippen molar-refractivity contribution >= 4 is 24.5 Å². The predicted octanol–water partition coefficient (Wildman–Crippen LogP) is 15.8. The average molecular weight is 669 g/mol. The number of halogens is 1. The van der Waals surface area contributed by atoms with Gasteiger partial charge in [0.2, 0.25) is 6.08 Å². The SMILES string of the molecule is C[Si](C)(Cl)CCCCCCCCCCCCCCCCCCCCCCCCCCCCCCCCCCCCCCN=C=O. The molecule has 45 heavy (non-hydrogen) atoms. The summed E-state index contributed by atoms with van der Waals surface area (Å²) < 4.78 is 0. The Bertz CT molecular complexity index is 601. The summed E-state index contributed by atoms with van der Waals surface area (Å²) >= 11 is 6.40. The lowest BCUT2D eigenvalue weighted by Crippen LogP contribution is -2.14. The van der Waals surface area contributed by atoms with Crippen molar-refractivity contribution in [2.75, 3.05) is 6.54 Å². The number of hydrogen-bond acceptors (Lipinski definition) is 2. The van der Waals surface area contributed by atoms with Gasteiger partial charge in [-0.05, 0) is 12.5 Å². The summed E-state index contributed by atoms with van der Waals surface area (Å²) in [5.41, 5.74) is 0. The van der Waals surface area contributed by atoms with Crippen molar-refractivity contribution in [1.82, 2.24) is 0 Å². The molecular formula is C41H82ClNOSi. The second-order valence-electron chi connectivity index (χ2n) is 15.2. The zero-order valence-electron chi connectivity index (χ0n) is 31.1. The molecule has 0 spiro atoms. The van der Waals surface area contributed by atoms with Crippen LogP contribution in [0.1, 0.15) is 231 Å². The van der Waals surface area contributed by atoms with Crippen LogP contribution in [0.2, 0.25) is 19.1 Å². The topological polar surface area (TPSA) is 29.4 Å². The highest BCUT2D eigenvalue weighted by Crippen LogP contribution is 2.20. The number of carbonyl (C=O) groups excluding carboxylic acids is 1. The van der Waals surface area contributed by atoms with Gasteiger partial charge in [0.05, 0.1) is 6.54 Å². The van der Waals surface area contributed by atoms with Gasteiger partial charge in [0.25, 0.3) is 0 Å². The lowest BCUT2D eigenvalue weighted by molar-refractivity contribution is 0.510. The lowest BCUT2D eigenvalue weighted by atomic mass is 10.0. The van der Waals surface area contributed by atoms with Gasteiger partial charge in [-0.3, -0.25) is 0 Å². The first kappa shape index (κ1) is 44.9. The quantitative estimate of drug-likeness (QED) is 0.0211. The molecule has 0 heterocycles. The number of isocyanates is 1. The van der Waals surface area contributed by atoms with Gasteiger partial charge in [0.15, 0.2) is 0 Å². The third-order valence-corrected chi connectivity index (χ3v) is 12.0. The van der Waals surface area contributed by atoms with E-state index >= 15 is 0 Å². The van der Waals surface area contributed by atoms with Crippen molar-refractivity contribution in [3.05, 3.63) is 0 Å². The fraction of sp³-hybridized carbons (Fsp3) is 0.976. The lowest BCUT2D eigenvalue weighted by Gasteiger charge is -2.11. The van der Waals surface area contributed by atoms with Gasteiger partial charge in [-0.25, -0.2) is 9.79 Å². The van der Waals surface area contributed by atoms with E-state index in [9.17, 15) is 4.79 Å². The van der Waals surface area contributed by atoms with Crippen LogP contribution in [0.3, 0.4) is 0 Å². The fourth-order valence-corrected chi connectivity index (χ4v) is 8.28. The number of unbranched alkanes of at least 4 members (excludes halogenated alkanes) is 35. The van der Waals surface area contributed by atoms with Gasteiger partial charge in [-0.2, -0.15) is 11.1 Å². The Morgan fingerprint density at radius 2 is 0.533 bits per heavy atom. The molecule has 268 valence electrons. The molecule has 0 bridgehead atoms. The second kappa shape index (κ2) is 38.3. The van der Waals surface area contributed by atoms with Crippen LogP contribution in [-0.2, 0) is 4.79 Å². The Hall–Kier alpha value is -0.113. The molecule has 0 N–H and O–H groups in total. The van der Waals surface area contributed by atoms with E-state index in [1.165, 1.54) is 231 Å². The largest absolute Gasteiger partial charge is 0.234 e. The fourth-order valence-electron chi connectivity index (χ4n) is 6.79. The molecule has 0 radical (unpaired) electrons. The van der Waals surface area contributed by atoms with E-state index in [2.05, 4.69) is 18.1 Å². The third kappa shape index (κ3) is 43.9. The molecule has 0 aromatic rings. The van der Waals surface area contributed by atoms with Crippen molar-refractivity contribution in [2.45, 2.75) is 250 Å².